The monoisotopic (exact) mass is 285 g/mol. The van der Waals surface area contributed by atoms with Crippen LogP contribution in [0.4, 0.5) is 0 Å². The topological polar surface area (TPSA) is 24.4 Å². The van der Waals surface area contributed by atoms with Crippen molar-refractivity contribution in [3.05, 3.63) is 0 Å². The number of hydrogen-bond acceptors (Lipinski definition) is 1. The number of hydrogen-bond donors (Lipinski definition) is 1. The molecule has 1 N–H and O–H groups in total. The van der Waals surface area contributed by atoms with Gasteiger partial charge in [0.05, 0.1) is 0 Å². The maximum Gasteiger partial charge on any atom is 0.00151 e. The summed E-state index contributed by atoms with van der Waals surface area (Å²) >= 11 is 0. The maximum atomic E-state index is 4.33. The first-order chi connectivity index (χ1) is 8.69. The SMILES string of the molecule is CCCCN[C-]=NCCCP(C(C)(C)C)C(C)(C)C. The maximum absolute atomic E-state index is 4.33. The molecule has 0 aromatic carbocycles. The molecule has 114 valence electrons. The first-order valence-electron chi connectivity index (χ1n) is 7.61. The highest BCUT2D eigenvalue weighted by molar-refractivity contribution is 7.60. The first kappa shape index (κ1) is 18.9. The third-order valence-electron chi connectivity index (χ3n) is 3.08. The zero-order valence-electron chi connectivity index (χ0n) is 14.1. The van der Waals surface area contributed by atoms with Gasteiger partial charge in [-0.25, -0.2) is 0 Å². The van der Waals surface area contributed by atoms with E-state index in [0.717, 1.165) is 13.1 Å². The summed E-state index contributed by atoms with van der Waals surface area (Å²) in [7, 11) is 0.0188. The molecule has 0 amide bonds. The van der Waals surface area contributed by atoms with Gasteiger partial charge < -0.3 is 16.6 Å². The highest BCUT2D eigenvalue weighted by Crippen LogP contribution is 2.59. The predicted octanol–water partition coefficient (Wildman–Crippen LogP) is 4.75. The molecule has 2 nitrogen and oxygen atoms in total. The summed E-state index contributed by atoms with van der Waals surface area (Å²) in [5, 5.41) is 3.99. The Balaban J connectivity index is 3.96. The van der Waals surface area contributed by atoms with E-state index in [1.807, 2.05) is 0 Å². The fourth-order valence-corrected chi connectivity index (χ4v) is 6.23. The van der Waals surface area contributed by atoms with Crippen molar-refractivity contribution in [2.24, 2.45) is 4.99 Å². The number of nitrogens with zero attached hydrogens (tertiary/aromatic N) is 1. The minimum absolute atomic E-state index is 0.0188. The second kappa shape index (κ2) is 8.95. The third kappa shape index (κ3) is 9.44. The zero-order chi connectivity index (χ0) is 14.9. The van der Waals surface area contributed by atoms with Gasteiger partial charge in [-0.1, -0.05) is 62.8 Å². The molecule has 0 heterocycles. The lowest BCUT2D eigenvalue weighted by Gasteiger charge is -2.41. The molecule has 0 atom stereocenters. The van der Waals surface area contributed by atoms with Crippen LogP contribution >= 0.6 is 7.92 Å². The minimum Gasteiger partial charge on any atom is -0.550 e. The standard InChI is InChI=1S/C16H34N2P/c1-8-9-11-17-14-18-12-10-13-19(15(2,3)4)16(5,6)7/h8-13H2,1-7H3,(H,17,18)/q-1. The van der Waals surface area contributed by atoms with Crippen molar-refractivity contribution in [3.8, 4) is 0 Å². The molecule has 0 aromatic rings. The summed E-state index contributed by atoms with van der Waals surface area (Å²) in [4.78, 5) is 4.33. The lowest BCUT2D eigenvalue weighted by Crippen LogP contribution is -2.26. The van der Waals surface area contributed by atoms with Crippen LogP contribution in [0.25, 0.3) is 0 Å². The Kier molecular flexibility index (Phi) is 8.90. The molecule has 0 aliphatic rings. The van der Waals surface area contributed by atoms with E-state index in [9.17, 15) is 0 Å². The Bertz CT molecular complexity index is 234. The molecule has 19 heavy (non-hydrogen) atoms. The van der Waals surface area contributed by atoms with Crippen LogP contribution in [0.5, 0.6) is 0 Å². The number of nitrogens with one attached hydrogen (secondary N) is 1. The van der Waals surface area contributed by atoms with E-state index in [1.54, 1.807) is 0 Å². The predicted molar refractivity (Wildman–Crippen MR) is 91.1 cm³/mol. The fourth-order valence-electron chi connectivity index (χ4n) is 2.42. The molecule has 0 saturated heterocycles. The Hall–Kier alpha value is -0.100. The van der Waals surface area contributed by atoms with Gasteiger partial charge in [-0.3, -0.25) is 0 Å². The molecule has 0 aliphatic carbocycles. The Morgan fingerprint density at radius 1 is 1.00 bits per heavy atom. The van der Waals surface area contributed by atoms with E-state index < -0.39 is 0 Å². The molecule has 0 spiro atoms. The normalized spacial score (nSPS) is 13.5. The van der Waals surface area contributed by atoms with Crippen LogP contribution in [0.2, 0.25) is 0 Å². The summed E-state index contributed by atoms with van der Waals surface area (Å²) in [6.45, 7) is 18.4. The summed E-state index contributed by atoms with van der Waals surface area (Å²) in [5.41, 5.74) is 0. The first-order valence-corrected chi connectivity index (χ1v) is 9.14. The number of unbranched alkanes of at least 4 members (excludes halogenated alkanes) is 1. The third-order valence-corrected chi connectivity index (χ3v) is 7.09. The van der Waals surface area contributed by atoms with Gasteiger partial charge in [-0.15, -0.1) is 0 Å². The number of aliphatic imine (C=N–C) groups is 1. The van der Waals surface area contributed by atoms with Crippen molar-refractivity contribution >= 4 is 14.3 Å². The highest BCUT2D eigenvalue weighted by Gasteiger charge is 2.33. The molecule has 0 fully saturated rings. The van der Waals surface area contributed by atoms with Gasteiger partial charge >= 0.3 is 0 Å². The van der Waals surface area contributed by atoms with Crippen LogP contribution < -0.4 is 5.32 Å². The molecule has 0 aromatic heterocycles. The van der Waals surface area contributed by atoms with E-state index in [1.165, 1.54) is 25.4 Å². The second-order valence-corrected chi connectivity index (χ2v) is 11.1. The van der Waals surface area contributed by atoms with Crippen molar-refractivity contribution in [1.29, 1.82) is 0 Å². The van der Waals surface area contributed by atoms with Crippen molar-refractivity contribution < 1.29 is 0 Å². The molecule has 0 radical (unpaired) electrons. The number of rotatable bonds is 8. The van der Waals surface area contributed by atoms with Gasteiger partial charge in [-0.05, 0) is 35.9 Å². The molecule has 0 saturated carbocycles. The fraction of sp³-hybridized carbons (Fsp3) is 0.938. The van der Waals surface area contributed by atoms with Crippen LogP contribution in [0.3, 0.4) is 0 Å². The van der Waals surface area contributed by atoms with Crippen LogP contribution in [0, 0.1) is 0 Å². The van der Waals surface area contributed by atoms with Crippen LogP contribution in [0.1, 0.15) is 67.7 Å². The summed E-state index contributed by atoms with van der Waals surface area (Å²) < 4.78 is 0. The van der Waals surface area contributed by atoms with Crippen molar-refractivity contribution in [1.82, 2.24) is 5.32 Å². The average Bonchev–Trinajstić information content (AvgIpc) is 2.23. The summed E-state index contributed by atoms with van der Waals surface area (Å²) in [5.74, 6) is 0. The Labute approximate surface area is 122 Å². The quantitative estimate of drug-likeness (QED) is 0.171. The molecule has 0 bridgehead atoms. The van der Waals surface area contributed by atoms with Gasteiger partial charge in [0.1, 0.15) is 0 Å². The highest BCUT2D eigenvalue weighted by atomic mass is 31.1. The largest absolute Gasteiger partial charge is 0.550 e. The molecule has 0 rings (SSSR count). The van der Waals surface area contributed by atoms with E-state index in [-0.39, 0.29) is 7.92 Å². The summed E-state index contributed by atoms with van der Waals surface area (Å²) in [6.07, 6.45) is 7.86. The van der Waals surface area contributed by atoms with E-state index in [0.29, 0.717) is 10.3 Å². The van der Waals surface area contributed by atoms with Crippen molar-refractivity contribution in [2.45, 2.75) is 78.0 Å². The molecule has 0 unspecified atom stereocenters. The van der Waals surface area contributed by atoms with Crippen LogP contribution in [-0.4, -0.2) is 35.9 Å². The van der Waals surface area contributed by atoms with Crippen LogP contribution in [-0.2, 0) is 0 Å². The van der Waals surface area contributed by atoms with Gasteiger partial charge in [0.2, 0.25) is 0 Å². The van der Waals surface area contributed by atoms with Crippen LogP contribution in [0.15, 0.2) is 4.99 Å². The minimum atomic E-state index is 0.0188. The van der Waals surface area contributed by atoms with Gasteiger partial charge in [-0.2, -0.15) is 0 Å². The van der Waals surface area contributed by atoms with E-state index >= 15 is 0 Å². The Morgan fingerprint density at radius 2 is 1.58 bits per heavy atom. The van der Waals surface area contributed by atoms with Gasteiger partial charge in [0.25, 0.3) is 0 Å². The molecular formula is C16H34N2P-. The molecule has 0 aliphatic heterocycles. The lowest BCUT2D eigenvalue weighted by atomic mass is 10.2. The second-order valence-electron chi connectivity index (χ2n) is 7.12. The van der Waals surface area contributed by atoms with Gasteiger partial charge in [0, 0.05) is 6.54 Å². The van der Waals surface area contributed by atoms with Crippen molar-refractivity contribution in [3.63, 3.8) is 0 Å². The zero-order valence-corrected chi connectivity index (χ0v) is 15.0. The van der Waals surface area contributed by atoms with E-state index in [4.69, 9.17) is 0 Å². The lowest BCUT2D eigenvalue weighted by molar-refractivity contribution is 0.698. The van der Waals surface area contributed by atoms with Crippen molar-refractivity contribution in [2.75, 3.05) is 19.3 Å². The molecule has 3 heteroatoms. The smallest absolute Gasteiger partial charge is 0.00151 e. The van der Waals surface area contributed by atoms with E-state index in [2.05, 4.69) is 65.1 Å². The average molecular weight is 285 g/mol. The summed E-state index contributed by atoms with van der Waals surface area (Å²) in [6, 6.07) is 0. The Morgan fingerprint density at radius 3 is 2.05 bits per heavy atom. The molecular weight excluding hydrogens is 251 g/mol. The van der Waals surface area contributed by atoms with Gasteiger partial charge in [0.15, 0.2) is 0 Å².